The average molecular weight is 434 g/mol. The van der Waals surface area contributed by atoms with Gasteiger partial charge in [0.2, 0.25) is 0 Å². The number of nitrogens with one attached hydrogen (secondary N) is 1. The molecule has 162 valence electrons. The smallest absolute Gasteiger partial charge is 0.0991 e. The maximum Gasteiger partial charge on any atom is 0.0991 e. The molecule has 33 heavy (non-hydrogen) atoms. The molecule has 1 aliphatic rings. The molecule has 5 aromatic rings. The normalized spacial score (nSPS) is 15.9. The van der Waals surface area contributed by atoms with Crippen LogP contribution in [0.2, 0.25) is 0 Å². The molecule has 0 bridgehead atoms. The minimum absolute atomic E-state index is 0.583. The summed E-state index contributed by atoms with van der Waals surface area (Å²) in [6, 6.07) is 16.2. The molecule has 1 saturated heterocycles. The van der Waals surface area contributed by atoms with Crippen molar-refractivity contribution in [1.29, 1.82) is 5.26 Å². The highest BCUT2D eigenvalue weighted by molar-refractivity contribution is 6.02. The van der Waals surface area contributed by atoms with Gasteiger partial charge in [0.15, 0.2) is 0 Å². The molecular formula is C26H23N7. The summed E-state index contributed by atoms with van der Waals surface area (Å²) >= 11 is 0. The Morgan fingerprint density at radius 3 is 2.76 bits per heavy atom. The fourth-order valence-electron chi connectivity index (χ4n) is 4.82. The van der Waals surface area contributed by atoms with Crippen LogP contribution in [-0.2, 0) is 13.6 Å². The molecule has 1 fully saturated rings. The van der Waals surface area contributed by atoms with Crippen LogP contribution in [0.25, 0.3) is 44.2 Å². The Balaban J connectivity index is 1.54. The Morgan fingerprint density at radius 2 is 1.97 bits per heavy atom. The summed E-state index contributed by atoms with van der Waals surface area (Å²) in [7, 11) is 1.93. The van der Waals surface area contributed by atoms with E-state index in [2.05, 4.69) is 33.3 Å². The van der Waals surface area contributed by atoms with Crippen molar-refractivity contribution in [2.24, 2.45) is 13.0 Å². The fraction of sp³-hybridized carbons (Fsp3) is 0.231. The maximum atomic E-state index is 9.26. The van der Waals surface area contributed by atoms with Gasteiger partial charge in [0.05, 0.1) is 40.8 Å². The zero-order chi connectivity index (χ0) is 22.4. The van der Waals surface area contributed by atoms with Crippen molar-refractivity contribution < 1.29 is 0 Å². The summed E-state index contributed by atoms with van der Waals surface area (Å²) in [5.74, 6) is 0.583. The second kappa shape index (κ2) is 7.84. The van der Waals surface area contributed by atoms with E-state index in [0.717, 1.165) is 63.8 Å². The molecule has 4 heterocycles. The van der Waals surface area contributed by atoms with Gasteiger partial charge in [0.25, 0.3) is 0 Å². The summed E-state index contributed by atoms with van der Waals surface area (Å²) in [5.41, 5.74) is 6.63. The lowest BCUT2D eigenvalue weighted by molar-refractivity contribution is 0.459. The molecule has 1 N–H and O–H groups in total. The van der Waals surface area contributed by atoms with Gasteiger partial charge in [-0.25, -0.2) is 0 Å². The summed E-state index contributed by atoms with van der Waals surface area (Å²) in [6.07, 6.45) is 7.09. The van der Waals surface area contributed by atoms with Crippen molar-refractivity contribution in [2.75, 3.05) is 13.1 Å². The topological polar surface area (TPSA) is 84.4 Å². The molecule has 0 amide bonds. The van der Waals surface area contributed by atoms with Crippen LogP contribution in [0.15, 0.2) is 61.1 Å². The molecule has 0 unspecified atom stereocenters. The van der Waals surface area contributed by atoms with E-state index in [9.17, 15) is 5.26 Å². The monoisotopic (exact) mass is 433 g/mol. The standard InChI is InChI=1S/C26H23N7/c1-32-16-21-10-20(6-7-23(21)31-32)26-25(19-4-2-17(11-27)3-5-19)22-13-30-33(24(22)14-29-26)15-18-8-9-28-12-18/h2-7,10,13-14,16,18,28H,8-9,12,15H2,1H3/t18-/m1/s1. The molecule has 6 rings (SSSR count). The zero-order valence-corrected chi connectivity index (χ0v) is 18.4. The third-order valence-electron chi connectivity index (χ3n) is 6.49. The van der Waals surface area contributed by atoms with Crippen molar-refractivity contribution in [3.05, 3.63) is 66.6 Å². The van der Waals surface area contributed by atoms with Crippen LogP contribution in [0.1, 0.15) is 12.0 Å². The van der Waals surface area contributed by atoms with Crippen LogP contribution >= 0.6 is 0 Å². The number of hydrogen-bond acceptors (Lipinski definition) is 5. The summed E-state index contributed by atoms with van der Waals surface area (Å²) < 4.78 is 3.91. The summed E-state index contributed by atoms with van der Waals surface area (Å²) in [6.45, 7) is 2.98. The highest BCUT2D eigenvalue weighted by Gasteiger charge is 2.20. The second-order valence-electron chi connectivity index (χ2n) is 8.73. The van der Waals surface area contributed by atoms with Gasteiger partial charge < -0.3 is 5.32 Å². The molecule has 1 aliphatic heterocycles. The number of aromatic nitrogens is 5. The van der Waals surface area contributed by atoms with Crippen LogP contribution in [0.4, 0.5) is 0 Å². The van der Waals surface area contributed by atoms with Crippen LogP contribution < -0.4 is 5.32 Å². The van der Waals surface area contributed by atoms with Crippen molar-refractivity contribution in [3.8, 4) is 28.5 Å². The number of pyridine rings is 1. The van der Waals surface area contributed by atoms with E-state index in [-0.39, 0.29) is 0 Å². The van der Waals surface area contributed by atoms with Crippen molar-refractivity contribution in [1.82, 2.24) is 29.9 Å². The number of aryl methyl sites for hydroxylation is 1. The van der Waals surface area contributed by atoms with E-state index in [4.69, 9.17) is 10.1 Å². The van der Waals surface area contributed by atoms with Gasteiger partial charge in [-0.3, -0.25) is 14.3 Å². The number of benzene rings is 2. The highest BCUT2D eigenvalue weighted by Crippen LogP contribution is 2.37. The van der Waals surface area contributed by atoms with E-state index in [1.165, 1.54) is 6.42 Å². The molecule has 7 nitrogen and oxygen atoms in total. The first-order chi connectivity index (χ1) is 16.2. The SMILES string of the molecule is Cn1cc2cc(-c3ncc4c(cnn4C[C@@H]4CCNC4)c3-c3ccc(C#N)cc3)ccc2n1. The van der Waals surface area contributed by atoms with E-state index >= 15 is 0 Å². The predicted molar refractivity (Wildman–Crippen MR) is 128 cm³/mol. The number of rotatable bonds is 4. The van der Waals surface area contributed by atoms with Crippen LogP contribution in [0.5, 0.6) is 0 Å². The summed E-state index contributed by atoms with van der Waals surface area (Å²) in [5, 5.41) is 24.1. The molecule has 0 spiro atoms. The van der Waals surface area contributed by atoms with Gasteiger partial charge in [0.1, 0.15) is 0 Å². The molecule has 0 radical (unpaired) electrons. The van der Waals surface area contributed by atoms with Crippen LogP contribution in [0, 0.1) is 17.2 Å². The Labute approximate surface area is 191 Å². The van der Waals surface area contributed by atoms with Gasteiger partial charge >= 0.3 is 0 Å². The van der Waals surface area contributed by atoms with E-state index in [0.29, 0.717) is 11.5 Å². The first-order valence-corrected chi connectivity index (χ1v) is 11.2. The third kappa shape index (κ3) is 3.45. The molecule has 2 aromatic carbocycles. The van der Waals surface area contributed by atoms with Crippen LogP contribution in [0.3, 0.4) is 0 Å². The quantitative estimate of drug-likeness (QED) is 0.461. The molecule has 0 aliphatic carbocycles. The summed E-state index contributed by atoms with van der Waals surface area (Å²) in [4.78, 5) is 4.95. The molecule has 0 saturated carbocycles. The molecule has 1 atom stereocenters. The number of nitriles is 1. The van der Waals surface area contributed by atoms with Crippen LogP contribution in [-0.4, -0.2) is 37.6 Å². The Bertz CT molecular complexity index is 1510. The Kier molecular flexibility index (Phi) is 4.67. The lowest BCUT2D eigenvalue weighted by atomic mass is 9.95. The zero-order valence-electron chi connectivity index (χ0n) is 18.4. The highest BCUT2D eigenvalue weighted by atomic mass is 15.3. The number of hydrogen-bond donors (Lipinski definition) is 1. The third-order valence-corrected chi connectivity index (χ3v) is 6.49. The first-order valence-electron chi connectivity index (χ1n) is 11.2. The second-order valence-corrected chi connectivity index (χ2v) is 8.73. The molecule has 7 heteroatoms. The van der Waals surface area contributed by atoms with Crippen molar-refractivity contribution >= 4 is 21.8 Å². The largest absolute Gasteiger partial charge is 0.316 e. The predicted octanol–water partition coefficient (Wildman–Crippen LogP) is 4.13. The Morgan fingerprint density at radius 1 is 1.12 bits per heavy atom. The Hall–Kier alpha value is -4.02. The van der Waals surface area contributed by atoms with Crippen molar-refractivity contribution in [3.63, 3.8) is 0 Å². The van der Waals surface area contributed by atoms with Crippen molar-refractivity contribution in [2.45, 2.75) is 13.0 Å². The van der Waals surface area contributed by atoms with Gasteiger partial charge in [-0.1, -0.05) is 18.2 Å². The minimum atomic E-state index is 0.583. The van der Waals surface area contributed by atoms with Gasteiger partial charge in [0, 0.05) is 41.7 Å². The van der Waals surface area contributed by atoms with Gasteiger partial charge in [-0.15, -0.1) is 0 Å². The number of fused-ring (bicyclic) bond motifs is 2. The minimum Gasteiger partial charge on any atom is -0.316 e. The maximum absolute atomic E-state index is 9.26. The fourth-order valence-corrected chi connectivity index (χ4v) is 4.82. The van der Waals surface area contributed by atoms with E-state index in [1.54, 1.807) is 0 Å². The van der Waals surface area contributed by atoms with Gasteiger partial charge in [-0.05, 0) is 55.3 Å². The van der Waals surface area contributed by atoms with E-state index in [1.807, 2.05) is 60.7 Å². The van der Waals surface area contributed by atoms with E-state index < -0.39 is 0 Å². The molecular weight excluding hydrogens is 410 g/mol. The lowest BCUT2D eigenvalue weighted by Crippen LogP contribution is -2.15. The van der Waals surface area contributed by atoms with Gasteiger partial charge in [-0.2, -0.15) is 15.5 Å². The number of nitrogens with zero attached hydrogens (tertiary/aromatic N) is 6. The lowest BCUT2D eigenvalue weighted by Gasteiger charge is -2.13. The first kappa shape index (κ1) is 19.6. The molecule has 3 aromatic heterocycles. The average Bonchev–Trinajstić information content (AvgIpc) is 3.58.